The number of carbonyl (C=O) groups excluding carboxylic acids is 2. The van der Waals surface area contributed by atoms with Crippen LogP contribution < -0.4 is 25.2 Å². The molecule has 4 heterocycles. The Kier molecular flexibility index (Phi) is 8.51. The molecule has 0 radical (unpaired) electrons. The number of pyridine rings is 1. The van der Waals surface area contributed by atoms with E-state index in [-0.39, 0.29) is 17.9 Å². The molecule has 3 fully saturated rings. The topological polar surface area (TPSA) is 90.0 Å². The molecular weight excluding hydrogens is 540 g/mol. The van der Waals surface area contributed by atoms with Crippen molar-refractivity contribution < 1.29 is 14.3 Å². The molecule has 3 atom stereocenters. The van der Waals surface area contributed by atoms with Crippen LogP contribution in [0.4, 0.5) is 11.5 Å². The molecule has 0 spiro atoms. The second-order valence-electron chi connectivity index (χ2n) is 12.1. The van der Waals surface area contributed by atoms with Crippen LogP contribution in [0, 0.1) is 6.92 Å². The molecule has 0 saturated carbocycles. The van der Waals surface area contributed by atoms with E-state index in [9.17, 15) is 9.59 Å². The third-order valence-corrected chi connectivity index (χ3v) is 9.37. The minimum atomic E-state index is -0.121. The van der Waals surface area contributed by atoms with Crippen molar-refractivity contribution in [2.24, 2.45) is 0 Å². The zero-order chi connectivity index (χ0) is 29.9. The zero-order valence-electron chi connectivity index (χ0n) is 25.4. The molecule has 3 saturated heterocycles. The Balaban J connectivity index is 1.05. The molecule has 2 N–H and O–H groups in total. The van der Waals surface area contributed by atoms with Crippen LogP contribution in [0.15, 0.2) is 60.8 Å². The van der Waals surface area contributed by atoms with Gasteiger partial charge in [0.1, 0.15) is 11.6 Å². The number of hydrogen-bond donors (Lipinski definition) is 2. The van der Waals surface area contributed by atoms with Gasteiger partial charge in [-0.25, -0.2) is 4.98 Å². The first-order chi connectivity index (χ1) is 20.9. The van der Waals surface area contributed by atoms with Crippen LogP contribution in [0.3, 0.4) is 0 Å². The number of nitrogens with zero attached hydrogens (tertiary/aromatic N) is 4. The number of amides is 2. The third kappa shape index (κ3) is 6.18. The lowest BCUT2D eigenvalue weighted by atomic mass is 9.96. The molecule has 3 aliphatic heterocycles. The molecule has 226 valence electrons. The number of likely N-dealkylation sites (N-methyl/N-ethyl adjacent to an activating group) is 1. The Hall–Kier alpha value is -4.11. The fraction of sp³-hybridized carbons (Fsp3) is 0.441. The number of anilines is 2. The van der Waals surface area contributed by atoms with Gasteiger partial charge in [0.25, 0.3) is 11.8 Å². The number of piperazine rings is 1. The number of hydrogen-bond acceptors (Lipinski definition) is 7. The fourth-order valence-electron chi connectivity index (χ4n) is 6.98. The SMILES string of the molecule is COc1cccc(C(=O)NC2C[C@H]3CC[C@@H](C2)N3c2ccc(C(=O)NCc3ccccc3N3CCN(C)CC3)cn2)c1C. The van der Waals surface area contributed by atoms with Gasteiger partial charge < -0.3 is 30.1 Å². The highest BCUT2D eigenvalue weighted by atomic mass is 16.5. The second-order valence-corrected chi connectivity index (χ2v) is 12.1. The predicted molar refractivity (Wildman–Crippen MR) is 169 cm³/mol. The highest BCUT2D eigenvalue weighted by molar-refractivity contribution is 5.96. The maximum absolute atomic E-state index is 13.1. The second kappa shape index (κ2) is 12.6. The van der Waals surface area contributed by atoms with E-state index in [1.54, 1.807) is 13.3 Å². The molecule has 3 aromatic rings. The van der Waals surface area contributed by atoms with E-state index in [1.165, 1.54) is 5.69 Å². The number of methoxy groups -OCH3 is 1. The van der Waals surface area contributed by atoms with Gasteiger partial charge in [0.15, 0.2) is 0 Å². The van der Waals surface area contributed by atoms with E-state index in [2.05, 4.69) is 50.6 Å². The minimum absolute atomic E-state index is 0.0473. The van der Waals surface area contributed by atoms with Crippen LogP contribution in [0.25, 0.3) is 0 Å². The van der Waals surface area contributed by atoms with Crippen LogP contribution in [-0.2, 0) is 6.54 Å². The number of ether oxygens (including phenoxy) is 1. The van der Waals surface area contributed by atoms with Crippen molar-refractivity contribution in [3.63, 3.8) is 0 Å². The molecule has 2 amide bonds. The van der Waals surface area contributed by atoms with E-state index in [4.69, 9.17) is 9.72 Å². The summed E-state index contributed by atoms with van der Waals surface area (Å²) >= 11 is 0. The lowest BCUT2D eigenvalue weighted by molar-refractivity contribution is 0.0923. The summed E-state index contributed by atoms with van der Waals surface area (Å²) in [5.41, 5.74) is 4.39. The Morgan fingerprint density at radius 1 is 0.930 bits per heavy atom. The lowest BCUT2D eigenvalue weighted by Gasteiger charge is -2.40. The van der Waals surface area contributed by atoms with Crippen LogP contribution in [0.1, 0.15) is 57.5 Å². The number of fused-ring (bicyclic) bond motifs is 2. The van der Waals surface area contributed by atoms with Crippen molar-refractivity contribution in [1.82, 2.24) is 20.5 Å². The standard InChI is InChI=1S/C34H42N6O3/c1-23-29(8-6-10-31(23)43-3)34(42)37-26-19-27-12-13-28(20-26)40(27)32-14-11-25(22-35-32)33(41)36-21-24-7-4-5-9-30(24)39-17-15-38(2)16-18-39/h4-11,14,22,26-28H,12-13,15-21H2,1-3H3,(H,36,41)(H,37,42)/t26?,27-,28+. The number of rotatable bonds is 8. The summed E-state index contributed by atoms with van der Waals surface area (Å²) in [7, 11) is 3.78. The number of nitrogens with one attached hydrogen (secondary N) is 2. The van der Waals surface area contributed by atoms with Crippen molar-refractivity contribution >= 4 is 23.3 Å². The number of aromatic nitrogens is 1. The fourth-order valence-corrected chi connectivity index (χ4v) is 6.98. The Bertz CT molecular complexity index is 1440. The van der Waals surface area contributed by atoms with Gasteiger partial charge in [0.2, 0.25) is 0 Å². The average molecular weight is 583 g/mol. The first-order valence-electron chi connectivity index (χ1n) is 15.4. The van der Waals surface area contributed by atoms with E-state index in [0.717, 1.165) is 74.6 Å². The summed E-state index contributed by atoms with van der Waals surface area (Å²) in [6, 6.07) is 18.5. The quantitative estimate of drug-likeness (QED) is 0.415. The summed E-state index contributed by atoms with van der Waals surface area (Å²) in [5.74, 6) is 1.46. The van der Waals surface area contributed by atoms with Gasteiger partial charge in [-0.05, 0) is 75.5 Å². The molecule has 9 nitrogen and oxygen atoms in total. The maximum Gasteiger partial charge on any atom is 0.253 e. The molecule has 0 aliphatic carbocycles. The zero-order valence-corrected chi connectivity index (χ0v) is 25.4. The normalized spacial score (nSPS) is 21.9. The van der Waals surface area contributed by atoms with Gasteiger partial charge in [-0.1, -0.05) is 24.3 Å². The summed E-state index contributed by atoms with van der Waals surface area (Å²) in [6.07, 6.45) is 5.59. The van der Waals surface area contributed by atoms with Crippen molar-refractivity contribution in [3.8, 4) is 5.75 Å². The lowest BCUT2D eigenvalue weighted by Crippen LogP contribution is -2.50. The van der Waals surface area contributed by atoms with E-state index >= 15 is 0 Å². The van der Waals surface area contributed by atoms with Crippen molar-refractivity contribution in [1.29, 1.82) is 0 Å². The summed E-state index contributed by atoms with van der Waals surface area (Å²) in [5, 5.41) is 6.38. The monoisotopic (exact) mass is 582 g/mol. The van der Waals surface area contributed by atoms with Gasteiger partial charge in [0, 0.05) is 73.9 Å². The van der Waals surface area contributed by atoms with E-state index in [0.29, 0.717) is 29.8 Å². The molecule has 2 aromatic carbocycles. The highest BCUT2D eigenvalue weighted by Gasteiger charge is 2.42. The average Bonchev–Trinajstić information content (AvgIpc) is 3.30. The maximum atomic E-state index is 13.1. The first-order valence-corrected chi connectivity index (χ1v) is 15.4. The highest BCUT2D eigenvalue weighted by Crippen LogP contribution is 2.38. The van der Waals surface area contributed by atoms with Gasteiger partial charge >= 0.3 is 0 Å². The summed E-state index contributed by atoms with van der Waals surface area (Å²) in [4.78, 5) is 38.1. The summed E-state index contributed by atoms with van der Waals surface area (Å²) in [6.45, 7) is 6.44. The largest absolute Gasteiger partial charge is 0.496 e. The first kappa shape index (κ1) is 29.0. The van der Waals surface area contributed by atoms with E-state index in [1.807, 2.05) is 43.3 Å². The molecule has 43 heavy (non-hydrogen) atoms. The number of carbonyl (C=O) groups is 2. The number of para-hydroxylation sites is 1. The molecular formula is C34H42N6O3. The Labute approximate surface area is 254 Å². The van der Waals surface area contributed by atoms with Crippen LogP contribution >= 0.6 is 0 Å². The van der Waals surface area contributed by atoms with Crippen molar-refractivity contribution in [2.75, 3.05) is 50.1 Å². The van der Waals surface area contributed by atoms with Crippen LogP contribution in [0.2, 0.25) is 0 Å². The molecule has 2 bridgehead atoms. The summed E-state index contributed by atoms with van der Waals surface area (Å²) < 4.78 is 5.40. The molecule has 1 aromatic heterocycles. The molecule has 1 unspecified atom stereocenters. The smallest absolute Gasteiger partial charge is 0.253 e. The third-order valence-electron chi connectivity index (χ3n) is 9.37. The van der Waals surface area contributed by atoms with Crippen LogP contribution in [-0.4, -0.2) is 80.2 Å². The van der Waals surface area contributed by atoms with Gasteiger partial charge in [-0.3, -0.25) is 9.59 Å². The van der Waals surface area contributed by atoms with Crippen LogP contribution in [0.5, 0.6) is 5.75 Å². The van der Waals surface area contributed by atoms with Gasteiger partial charge in [0.05, 0.1) is 12.7 Å². The molecule has 3 aliphatic rings. The molecule has 9 heteroatoms. The Morgan fingerprint density at radius 3 is 2.37 bits per heavy atom. The van der Waals surface area contributed by atoms with Gasteiger partial charge in [-0.15, -0.1) is 0 Å². The van der Waals surface area contributed by atoms with Crippen molar-refractivity contribution in [2.45, 2.75) is 57.3 Å². The molecule has 6 rings (SSSR count). The Morgan fingerprint density at radius 2 is 1.67 bits per heavy atom. The number of benzene rings is 2. The van der Waals surface area contributed by atoms with Crippen molar-refractivity contribution in [3.05, 3.63) is 83.0 Å². The predicted octanol–water partition coefficient (Wildman–Crippen LogP) is 4.01. The van der Waals surface area contributed by atoms with Gasteiger partial charge in [-0.2, -0.15) is 0 Å². The minimum Gasteiger partial charge on any atom is -0.496 e. The number of piperidine rings is 1. The van der Waals surface area contributed by atoms with E-state index < -0.39 is 0 Å².